The van der Waals surface area contributed by atoms with Crippen LogP contribution < -0.4 is 10.6 Å². The Bertz CT molecular complexity index is 799. The number of carbonyl (C=O) groups is 1. The lowest BCUT2D eigenvalue weighted by Crippen LogP contribution is -2.38. The first-order valence-electron chi connectivity index (χ1n) is 9.49. The minimum absolute atomic E-state index is 0.0336. The highest BCUT2D eigenvalue weighted by molar-refractivity contribution is 6.30. The van der Waals surface area contributed by atoms with Gasteiger partial charge in [0.25, 0.3) is 5.91 Å². The Balaban J connectivity index is 1.31. The number of anilines is 1. The summed E-state index contributed by atoms with van der Waals surface area (Å²) >= 11 is 5.89. The van der Waals surface area contributed by atoms with Gasteiger partial charge in [-0.25, -0.2) is 9.37 Å². The van der Waals surface area contributed by atoms with Crippen LogP contribution in [0.25, 0.3) is 0 Å². The molecule has 142 valence electrons. The van der Waals surface area contributed by atoms with E-state index in [-0.39, 0.29) is 17.8 Å². The molecule has 2 N–H and O–H groups in total. The molecule has 1 aromatic carbocycles. The first-order chi connectivity index (χ1) is 13.0. The van der Waals surface area contributed by atoms with E-state index < -0.39 is 0 Å². The van der Waals surface area contributed by atoms with Crippen molar-refractivity contribution in [2.75, 3.05) is 5.32 Å². The highest BCUT2D eigenvalue weighted by atomic mass is 35.5. The monoisotopic (exact) mass is 387 g/mol. The molecule has 4 rings (SSSR count). The second kappa shape index (κ2) is 7.47. The van der Waals surface area contributed by atoms with Crippen LogP contribution in [0.1, 0.15) is 36.5 Å². The van der Waals surface area contributed by atoms with Crippen molar-refractivity contribution in [1.82, 2.24) is 10.3 Å². The van der Waals surface area contributed by atoms with Crippen molar-refractivity contribution in [2.24, 2.45) is 17.8 Å². The summed E-state index contributed by atoms with van der Waals surface area (Å²) in [6.07, 6.45) is 4.30. The van der Waals surface area contributed by atoms with Gasteiger partial charge in [0.2, 0.25) is 0 Å². The van der Waals surface area contributed by atoms with E-state index >= 15 is 0 Å². The van der Waals surface area contributed by atoms with Crippen LogP contribution in [0.15, 0.2) is 42.6 Å². The predicted molar refractivity (Wildman–Crippen MR) is 104 cm³/mol. The molecule has 1 aromatic heterocycles. The number of pyridine rings is 1. The predicted octanol–water partition coefficient (Wildman–Crippen LogP) is 4.52. The smallest absolute Gasteiger partial charge is 0.251 e. The lowest BCUT2D eigenvalue weighted by molar-refractivity contribution is 0.0927. The van der Waals surface area contributed by atoms with Gasteiger partial charge in [-0.1, -0.05) is 18.5 Å². The number of rotatable bonds is 6. The largest absolute Gasteiger partial charge is 0.367 e. The minimum atomic E-state index is -0.322. The molecule has 1 unspecified atom stereocenters. The molecule has 2 fully saturated rings. The molecule has 4 nitrogen and oxygen atoms in total. The van der Waals surface area contributed by atoms with Gasteiger partial charge in [0.05, 0.1) is 6.20 Å². The van der Waals surface area contributed by atoms with Crippen molar-refractivity contribution in [3.8, 4) is 0 Å². The van der Waals surface area contributed by atoms with Crippen LogP contribution in [0, 0.1) is 23.6 Å². The highest BCUT2D eigenvalue weighted by Gasteiger charge is 2.58. The van der Waals surface area contributed by atoms with Crippen LogP contribution in [-0.4, -0.2) is 23.0 Å². The first-order valence-corrected chi connectivity index (χ1v) is 9.87. The van der Waals surface area contributed by atoms with Crippen LogP contribution in [0.3, 0.4) is 0 Å². The second-order valence-corrected chi connectivity index (χ2v) is 8.01. The summed E-state index contributed by atoms with van der Waals surface area (Å²) in [4.78, 5) is 16.6. The van der Waals surface area contributed by atoms with Crippen LogP contribution in [0.2, 0.25) is 5.02 Å². The Kier molecular flexibility index (Phi) is 5.04. The summed E-state index contributed by atoms with van der Waals surface area (Å²) in [6, 6.07) is 10.7. The van der Waals surface area contributed by atoms with E-state index in [0.717, 1.165) is 25.1 Å². The fraction of sp³-hybridized carbons (Fsp3) is 0.429. The molecule has 0 aliphatic heterocycles. The summed E-state index contributed by atoms with van der Waals surface area (Å²) in [7, 11) is 0. The Labute approximate surface area is 163 Å². The number of fused-ring (bicyclic) bond motifs is 1. The maximum Gasteiger partial charge on any atom is 0.251 e. The minimum Gasteiger partial charge on any atom is -0.367 e. The zero-order chi connectivity index (χ0) is 19.0. The first kappa shape index (κ1) is 18.2. The molecular formula is C21H23ClFN3O. The number of nitrogens with one attached hydrogen (secondary N) is 2. The number of hydrogen-bond donors (Lipinski definition) is 2. The Morgan fingerprint density at radius 1 is 1.22 bits per heavy atom. The summed E-state index contributed by atoms with van der Waals surface area (Å²) < 4.78 is 13.0. The van der Waals surface area contributed by atoms with Crippen molar-refractivity contribution < 1.29 is 9.18 Å². The fourth-order valence-corrected chi connectivity index (χ4v) is 4.73. The topological polar surface area (TPSA) is 54.0 Å². The maximum absolute atomic E-state index is 13.0. The highest BCUT2D eigenvalue weighted by Crippen LogP contribution is 2.59. The van der Waals surface area contributed by atoms with Gasteiger partial charge < -0.3 is 10.6 Å². The Morgan fingerprint density at radius 2 is 1.93 bits per heavy atom. The Hall–Kier alpha value is -2.14. The van der Waals surface area contributed by atoms with Crippen molar-refractivity contribution in [1.29, 1.82) is 0 Å². The average Bonchev–Trinajstić information content (AvgIpc) is 3.16. The van der Waals surface area contributed by atoms with E-state index in [2.05, 4.69) is 22.5 Å². The molecule has 27 heavy (non-hydrogen) atoms. The van der Waals surface area contributed by atoms with Crippen molar-refractivity contribution in [2.45, 2.75) is 38.3 Å². The van der Waals surface area contributed by atoms with E-state index in [1.54, 1.807) is 30.3 Å². The SMILES string of the molecule is CCC(NC(=O)c1ccc(Cl)cc1)[C@H]1[C@@H]2C[C@@H](Nc3ccc(F)cn3)C[C@@H]21. The third-order valence-electron chi connectivity index (χ3n) is 5.92. The van der Waals surface area contributed by atoms with Crippen molar-refractivity contribution >= 4 is 23.3 Å². The van der Waals surface area contributed by atoms with Gasteiger partial charge in [0, 0.05) is 22.7 Å². The standard InChI is InChI=1S/C21H23ClFN3O/c1-2-18(26-21(27)12-3-5-13(22)6-4-12)20-16-9-15(10-17(16)20)25-19-8-7-14(23)11-24-19/h3-8,11,15-18,20H,2,9-10H2,1H3,(H,24,25)(H,26,27)/t15-,16-,17+,18?,20+. The van der Waals surface area contributed by atoms with Gasteiger partial charge in [-0.15, -0.1) is 0 Å². The molecular weight excluding hydrogens is 365 g/mol. The molecule has 2 aliphatic carbocycles. The van der Waals surface area contributed by atoms with Crippen LogP contribution in [-0.2, 0) is 0 Å². The number of aromatic nitrogens is 1. The normalized spacial score (nSPS) is 26.9. The third-order valence-corrected chi connectivity index (χ3v) is 6.17. The lowest BCUT2D eigenvalue weighted by atomic mass is 9.99. The maximum atomic E-state index is 13.0. The van der Waals surface area contributed by atoms with Crippen molar-refractivity contribution in [3.05, 3.63) is 59.0 Å². The number of hydrogen-bond acceptors (Lipinski definition) is 3. The van der Waals surface area contributed by atoms with Crippen molar-refractivity contribution in [3.63, 3.8) is 0 Å². The molecule has 2 aromatic rings. The molecule has 6 heteroatoms. The van der Waals surface area contributed by atoms with Crippen LogP contribution in [0.5, 0.6) is 0 Å². The Morgan fingerprint density at radius 3 is 2.52 bits per heavy atom. The van der Waals surface area contributed by atoms with Crippen LogP contribution >= 0.6 is 11.6 Å². The molecule has 1 amide bonds. The van der Waals surface area contributed by atoms with Gasteiger partial charge in [0.1, 0.15) is 11.6 Å². The van der Waals surface area contributed by atoms with E-state index in [1.807, 2.05) is 0 Å². The van der Waals surface area contributed by atoms with Gasteiger partial charge in [-0.2, -0.15) is 0 Å². The molecule has 5 atom stereocenters. The summed E-state index contributed by atoms with van der Waals surface area (Å²) in [5.74, 6) is 2.19. The zero-order valence-corrected chi connectivity index (χ0v) is 15.9. The lowest BCUT2D eigenvalue weighted by Gasteiger charge is -2.22. The number of halogens is 2. The molecule has 0 spiro atoms. The molecule has 1 heterocycles. The molecule has 2 aliphatic rings. The fourth-order valence-electron chi connectivity index (χ4n) is 4.60. The van der Waals surface area contributed by atoms with E-state index in [1.165, 1.54) is 12.3 Å². The quantitative estimate of drug-likeness (QED) is 0.766. The number of benzene rings is 1. The second-order valence-electron chi connectivity index (χ2n) is 7.57. The average molecular weight is 388 g/mol. The van der Waals surface area contributed by atoms with Gasteiger partial charge >= 0.3 is 0 Å². The van der Waals surface area contributed by atoms with E-state index in [4.69, 9.17) is 11.6 Å². The summed E-state index contributed by atoms with van der Waals surface area (Å²) in [6.45, 7) is 2.12. The van der Waals surface area contributed by atoms with E-state index in [9.17, 15) is 9.18 Å². The van der Waals surface area contributed by atoms with Gasteiger partial charge in [-0.3, -0.25) is 4.79 Å². The molecule has 0 saturated heterocycles. The molecule has 0 radical (unpaired) electrons. The number of nitrogens with zero attached hydrogens (tertiary/aromatic N) is 1. The third kappa shape index (κ3) is 3.93. The number of carbonyl (C=O) groups excluding carboxylic acids is 1. The number of amides is 1. The van der Waals surface area contributed by atoms with Gasteiger partial charge in [0.15, 0.2) is 0 Å². The van der Waals surface area contributed by atoms with Gasteiger partial charge in [-0.05, 0) is 73.4 Å². The summed E-state index contributed by atoms with van der Waals surface area (Å²) in [5, 5.41) is 7.24. The van der Waals surface area contributed by atoms with Crippen LogP contribution in [0.4, 0.5) is 10.2 Å². The molecule has 0 bridgehead atoms. The van der Waals surface area contributed by atoms with E-state index in [0.29, 0.717) is 34.4 Å². The summed E-state index contributed by atoms with van der Waals surface area (Å²) in [5.41, 5.74) is 0.644. The molecule has 2 saturated carbocycles. The zero-order valence-electron chi connectivity index (χ0n) is 15.2.